The molecule has 1 aromatic heterocycles. The van der Waals surface area contributed by atoms with Crippen molar-refractivity contribution in [2.75, 3.05) is 6.61 Å². The summed E-state index contributed by atoms with van der Waals surface area (Å²) < 4.78 is 18.2. The summed E-state index contributed by atoms with van der Waals surface area (Å²) >= 11 is 5.66. The van der Waals surface area contributed by atoms with Gasteiger partial charge in [-0.05, 0) is 19.1 Å². The normalized spacial score (nSPS) is 10.5. The quantitative estimate of drug-likeness (QED) is 0.844. The van der Waals surface area contributed by atoms with Crippen LogP contribution in [0.2, 0.25) is 5.02 Å². The lowest BCUT2D eigenvalue weighted by molar-refractivity contribution is 0.0520. The molecule has 2 N–H and O–H groups in total. The van der Waals surface area contributed by atoms with Gasteiger partial charge in [0.05, 0.1) is 11.6 Å². The van der Waals surface area contributed by atoms with Crippen molar-refractivity contribution in [1.82, 2.24) is 15.4 Å². The molecule has 1 aromatic carbocycles. The Morgan fingerprint density at radius 3 is 2.89 bits per heavy atom. The number of hydrogen-bond donors (Lipinski definition) is 2. The zero-order chi connectivity index (χ0) is 14.0. The molecule has 0 saturated carbocycles. The molecule has 19 heavy (non-hydrogen) atoms. The number of aromatic amines is 1. The van der Waals surface area contributed by atoms with E-state index in [0.717, 1.165) is 6.07 Å². The number of hydrogen-bond acceptors (Lipinski definition) is 5. The molecule has 0 spiro atoms. The number of aromatic hydroxyl groups is 1. The molecule has 2 rings (SSSR count). The molecule has 8 heteroatoms. The zero-order valence-corrected chi connectivity index (χ0v) is 10.5. The fraction of sp³-hybridized carbons (Fsp3) is 0.182. The molecule has 0 aliphatic carbocycles. The zero-order valence-electron chi connectivity index (χ0n) is 9.78. The first-order chi connectivity index (χ1) is 9.04. The van der Waals surface area contributed by atoms with Crippen LogP contribution in [0, 0.1) is 5.82 Å². The van der Waals surface area contributed by atoms with Crippen molar-refractivity contribution in [2.24, 2.45) is 0 Å². The summed E-state index contributed by atoms with van der Waals surface area (Å²) in [6.07, 6.45) is 0. The number of H-pyrrole nitrogens is 1. The molecule has 0 unspecified atom stereocenters. The number of benzene rings is 1. The average Bonchev–Trinajstić information content (AvgIpc) is 2.84. The molecule has 0 aliphatic rings. The van der Waals surface area contributed by atoms with Gasteiger partial charge in [0.15, 0.2) is 17.3 Å². The van der Waals surface area contributed by atoms with Crippen molar-refractivity contribution >= 4 is 17.6 Å². The number of rotatable bonds is 3. The van der Waals surface area contributed by atoms with Crippen molar-refractivity contribution in [3.8, 4) is 17.0 Å². The Labute approximate surface area is 112 Å². The second kappa shape index (κ2) is 5.23. The van der Waals surface area contributed by atoms with Crippen molar-refractivity contribution in [3.05, 3.63) is 28.7 Å². The minimum Gasteiger partial charge on any atom is -0.504 e. The van der Waals surface area contributed by atoms with Crippen molar-refractivity contribution in [2.45, 2.75) is 6.92 Å². The monoisotopic (exact) mass is 285 g/mol. The molecule has 2 aromatic rings. The Bertz CT molecular complexity index is 606. The van der Waals surface area contributed by atoms with Gasteiger partial charge in [0.1, 0.15) is 5.69 Å². The largest absolute Gasteiger partial charge is 0.504 e. The van der Waals surface area contributed by atoms with Crippen LogP contribution in [0.3, 0.4) is 0 Å². The second-order valence-corrected chi connectivity index (χ2v) is 3.94. The summed E-state index contributed by atoms with van der Waals surface area (Å²) in [6, 6.07) is 2.28. The van der Waals surface area contributed by atoms with Crippen LogP contribution in [0.15, 0.2) is 12.1 Å². The molecular formula is C11H9ClFN3O3. The highest BCUT2D eigenvalue weighted by Crippen LogP contribution is 2.32. The number of aromatic nitrogens is 3. The van der Waals surface area contributed by atoms with E-state index in [4.69, 9.17) is 16.3 Å². The van der Waals surface area contributed by atoms with Crippen LogP contribution < -0.4 is 0 Å². The van der Waals surface area contributed by atoms with E-state index in [1.165, 1.54) is 6.07 Å². The predicted octanol–water partition coefficient (Wildman–Crippen LogP) is 2.15. The van der Waals surface area contributed by atoms with Crippen LogP contribution in [0.5, 0.6) is 5.75 Å². The Kier molecular flexibility index (Phi) is 3.66. The van der Waals surface area contributed by atoms with Gasteiger partial charge in [-0.15, -0.1) is 5.10 Å². The highest BCUT2D eigenvalue weighted by atomic mass is 35.5. The van der Waals surface area contributed by atoms with Crippen molar-refractivity contribution in [3.63, 3.8) is 0 Å². The summed E-state index contributed by atoms with van der Waals surface area (Å²) in [4.78, 5) is 11.6. The topological polar surface area (TPSA) is 88.1 Å². The predicted molar refractivity (Wildman–Crippen MR) is 64.4 cm³/mol. The molecule has 0 atom stereocenters. The molecule has 0 bridgehead atoms. The Hall–Kier alpha value is -2.15. The lowest BCUT2D eigenvalue weighted by Gasteiger charge is -2.04. The number of carbonyl (C=O) groups is 1. The number of carbonyl (C=O) groups excluding carboxylic acids is 1. The summed E-state index contributed by atoms with van der Waals surface area (Å²) in [6.45, 7) is 1.82. The van der Waals surface area contributed by atoms with Crippen LogP contribution >= 0.6 is 11.6 Å². The van der Waals surface area contributed by atoms with Crippen molar-refractivity contribution in [1.29, 1.82) is 0 Å². The van der Waals surface area contributed by atoms with E-state index < -0.39 is 17.5 Å². The minimum absolute atomic E-state index is 0.0805. The summed E-state index contributed by atoms with van der Waals surface area (Å²) in [7, 11) is 0. The van der Waals surface area contributed by atoms with E-state index in [1.807, 2.05) is 0 Å². The van der Waals surface area contributed by atoms with Gasteiger partial charge in [-0.1, -0.05) is 11.6 Å². The number of nitrogens with one attached hydrogen (secondary N) is 1. The third-order valence-electron chi connectivity index (χ3n) is 2.31. The van der Waals surface area contributed by atoms with Gasteiger partial charge in [0.25, 0.3) is 0 Å². The SMILES string of the molecule is CCOC(=O)c1n[nH]nc1-c1cc(F)c(O)c(Cl)c1. The van der Waals surface area contributed by atoms with Gasteiger partial charge >= 0.3 is 5.97 Å². The first-order valence-corrected chi connectivity index (χ1v) is 5.68. The molecule has 0 aliphatic heterocycles. The molecule has 0 saturated heterocycles. The lowest BCUT2D eigenvalue weighted by atomic mass is 10.1. The maximum Gasteiger partial charge on any atom is 0.361 e. The standard InChI is InChI=1S/C11H9ClFN3O3/c1-2-19-11(18)9-8(14-16-15-9)5-3-6(12)10(17)7(13)4-5/h3-4,17H,2H2,1H3,(H,14,15,16). The van der Waals surface area contributed by atoms with Gasteiger partial charge < -0.3 is 9.84 Å². The van der Waals surface area contributed by atoms with E-state index in [0.29, 0.717) is 0 Å². The third kappa shape index (κ3) is 2.50. The molecule has 100 valence electrons. The van der Waals surface area contributed by atoms with Gasteiger partial charge in [0.2, 0.25) is 0 Å². The molecular weight excluding hydrogens is 277 g/mol. The van der Waals surface area contributed by atoms with E-state index in [9.17, 15) is 14.3 Å². The Morgan fingerprint density at radius 2 is 2.26 bits per heavy atom. The molecule has 6 nitrogen and oxygen atoms in total. The fourth-order valence-corrected chi connectivity index (χ4v) is 1.68. The second-order valence-electron chi connectivity index (χ2n) is 3.53. The first-order valence-electron chi connectivity index (χ1n) is 5.30. The first kappa shape index (κ1) is 13.3. The maximum atomic E-state index is 13.4. The van der Waals surface area contributed by atoms with Gasteiger partial charge in [-0.3, -0.25) is 0 Å². The van der Waals surface area contributed by atoms with E-state index in [-0.39, 0.29) is 28.6 Å². The van der Waals surface area contributed by atoms with Crippen LogP contribution in [-0.4, -0.2) is 33.1 Å². The highest BCUT2D eigenvalue weighted by Gasteiger charge is 2.21. The Balaban J connectivity index is 2.49. The number of halogens is 2. The smallest absolute Gasteiger partial charge is 0.361 e. The number of phenols is 1. The third-order valence-corrected chi connectivity index (χ3v) is 2.60. The summed E-state index contributed by atoms with van der Waals surface area (Å²) in [5.74, 6) is -2.26. The molecule has 0 radical (unpaired) electrons. The van der Waals surface area contributed by atoms with Gasteiger partial charge in [0, 0.05) is 5.56 Å². The molecule has 1 heterocycles. The van der Waals surface area contributed by atoms with Crippen LogP contribution in [0.1, 0.15) is 17.4 Å². The van der Waals surface area contributed by atoms with Gasteiger partial charge in [-0.2, -0.15) is 10.3 Å². The van der Waals surface area contributed by atoms with Crippen LogP contribution in [0.4, 0.5) is 4.39 Å². The number of phenolic OH excluding ortho intramolecular Hbond substituents is 1. The van der Waals surface area contributed by atoms with Crippen molar-refractivity contribution < 1.29 is 19.0 Å². The Morgan fingerprint density at radius 1 is 1.53 bits per heavy atom. The highest BCUT2D eigenvalue weighted by molar-refractivity contribution is 6.32. The summed E-state index contributed by atoms with van der Waals surface area (Å²) in [5, 5.41) is 18.7. The fourth-order valence-electron chi connectivity index (χ4n) is 1.48. The van der Waals surface area contributed by atoms with Crippen LogP contribution in [0.25, 0.3) is 11.3 Å². The maximum absolute atomic E-state index is 13.4. The van der Waals surface area contributed by atoms with E-state index in [2.05, 4.69) is 15.4 Å². The number of ether oxygens (including phenoxy) is 1. The number of esters is 1. The minimum atomic E-state index is -0.916. The van der Waals surface area contributed by atoms with Crippen LogP contribution in [-0.2, 0) is 4.74 Å². The van der Waals surface area contributed by atoms with E-state index >= 15 is 0 Å². The molecule has 0 amide bonds. The summed E-state index contributed by atoms with van der Waals surface area (Å²) in [5.41, 5.74) is 0.222. The average molecular weight is 286 g/mol. The van der Waals surface area contributed by atoms with Gasteiger partial charge in [-0.25, -0.2) is 9.18 Å². The number of nitrogens with zero attached hydrogens (tertiary/aromatic N) is 2. The lowest BCUT2D eigenvalue weighted by Crippen LogP contribution is -2.06. The molecule has 0 fully saturated rings. The van der Waals surface area contributed by atoms with E-state index in [1.54, 1.807) is 6.92 Å².